The minimum atomic E-state index is 0.490. The van der Waals surface area contributed by atoms with Gasteiger partial charge in [-0.25, -0.2) is 4.98 Å². The van der Waals surface area contributed by atoms with Crippen LogP contribution in [0.3, 0.4) is 0 Å². The van der Waals surface area contributed by atoms with Crippen LogP contribution in [0.5, 0.6) is 0 Å². The number of benzene rings is 1. The van der Waals surface area contributed by atoms with Gasteiger partial charge in [-0.05, 0) is 34.3 Å². The van der Waals surface area contributed by atoms with E-state index in [4.69, 9.17) is 0 Å². The Morgan fingerprint density at radius 1 is 1.14 bits per heavy atom. The van der Waals surface area contributed by atoms with E-state index in [1.165, 1.54) is 25.7 Å². The number of fused-ring (bicyclic) bond motifs is 1. The summed E-state index contributed by atoms with van der Waals surface area (Å²) in [4.78, 5) is 8.73. The molecule has 4 rings (SSSR count). The number of halogens is 1. The van der Waals surface area contributed by atoms with Crippen LogP contribution >= 0.6 is 15.9 Å². The van der Waals surface area contributed by atoms with E-state index in [2.05, 4.69) is 48.4 Å². The molecule has 0 spiro atoms. The molecule has 0 radical (unpaired) electrons. The Balaban J connectivity index is 1.91. The summed E-state index contributed by atoms with van der Waals surface area (Å²) in [6.45, 7) is 0. The van der Waals surface area contributed by atoms with E-state index in [1.807, 2.05) is 18.2 Å². The average Bonchev–Trinajstić information content (AvgIpc) is 3.19. The van der Waals surface area contributed by atoms with Crippen molar-refractivity contribution in [3.63, 3.8) is 0 Å². The lowest BCUT2D eigenvalue weighted by molar-refractivity contribution is 0.740. The SMILES string of the molecule is Brc1nc2ncnn2c(NC2CCCC2)c1-c1ccccc1. The molecule has 22 heavy (non-hydrogen) atoms. The molecule has 1 saturated carbocycles. The van der Waals surface area contributed by atoms with Gasteiger partial charge in [0.05, 0.1) is 5.56 Å². The first-order valence-electron chi connectivity index (χ1n) is 7.54. The van der Waals surface area contributed by atoms with Gasteiger partial charge in [-0.2, -0.15) is 14.6 Å². The molecule has 0 unspecified atom stereocenters. The third-order valence-electron chi connectivity index (χ3n) is 4.14. The van der Waals surface area contributed by atoms with Crippen LogP contribution in [0.15, 0.2) is 41.3 Å². The molecular formula is C16H16BrN5. The highest BCUT2D eigenvalue weighted by Gasteiger charge is 2.21. The van der Waals surface area contributed by atoms with Gasteiger partial charge in [0.1, 0.15) is 16.7 Å². The maximum Gasteiger partial charge on any atom is 0.255 e. The molecule has 0 aliphatic heterocycles. The molecular weight excluding hydrogens is 342 g/mol. The number of hydrogen-bond acceptors (Lipinski definition) is 4. The molecule has 1 fully saturated rings. The lowest BCUT2D eigenvalue weighted by Gasteiger charge is -2.18. The average molecular weight is 358 g/mol. The van der Waals surface area contributed by atoms with E-state index < -0.39 is 0 Å². The minimum absolute atomic E-state index is 0.490. The quantitative estimate of drug-likeness (QED) is 0.722. The van der Waals surface area contributed by atoms with Gasteiger partial charge in [0, 0.05) is 6.04 Å². The van der Waals surface area contributed by atoms with Crippen LogP contribution in [0, 0.1) is 0 Å². The summed E-state index contributed by atoms with van der Waals surface area (Å²) in [5.74, 6) is 1.57. The van der Waals surface area contributed by atoms with Crippen LogP contribution in [0.1, 0.15) is 25.7 Å². The molecule has 1 aliphatic carbocycles. The van der Waals surface area contributed by atoms with Crippen LogP contribution < -0.4 is 5.32 Å². The molecule has 6 heteroatoms. The highest BCUT2D eigenvalue weighted by molar-refractivity contribution is 9.10. The van der Waals surface area contributed by atoms with Crippen molar-refractivity contribution in [2.45, 2.75) is 31.7 Å². The van der Waals surface area contributed by atoms with E-state index in [0.717, 1.165) is 21.5 Å². The summed E-state index contributed by atoms with van der Waals surface area (Å²) in [5, 5.41) is 8.02. The molecule has 5 nitrogen and oxygen atoms in total. The predicted octanol–water partition coefficient (Wildman–Crippen LogP) is 3.91. The van der Waals surface area contributed by atoms with E-state index in [9.17, 15) is 0 Å². The highest BCUT2D eigenvalue weighted by atomic mass is 79.9. The molecule has 3 aromatic rings. The minimum Gasteiger partial charge on any atom is -0.367 e. The van der Waals surface area contributed by atoms with E-state index in [0.29, 0.717) is 11.8 Å². The van der Waals surface area contributed by atoms with Gasteiger partial charge >= 0.3 is 0 Å². The fourth-order valence-corrected chi connectivity index (χ4v) is 3.65. The second kappa shape index (κ2) is 5.68. The normalized spacial score (nSPS) is 15.5. The zero-order valence-corrected chi connectivity index (χ0v) is 13.6. The van der Waals surface area contributed by atoms with Crippen molar-refractivity contribution in [3.05, 3.63) is 41.3 Å². The number of aromatic nitrogens is 4. The summed E-state index contributed by atoms with van der Waals surface area (Å²) in [5.41, 5.74) is 2.14. The van der Waals surface area contributed by atoms with Crippen molar-refractivity contribution in [1.29, 1.82) is 0 Å². The van der Waals surface area contributed by atoms with Gasteiger partial charge in [0.15, 0.2) is 0 Å². The van der Waals surface area contributed by atoms with Crippen LogP contribution in [0.25, 0.3) is 16.9 Å². The summed E-state index contributed by atoms with van der Waals surface area (Å²) in [7, 11) is 0. The molecule has 1 aromatic carbocycles. The van der Waals surface area contributed by atoms with Crippen molar-refractivity contribution < 1.29 is 0 Å². The number of nitrogens with one attached hydrogen (secondary N) is 1. The first kappa shape index (κ1) is 13.7. The summed E-state index contributed by atoms with van der Waals surface area (Å²) in [6, 6.07) is 10.8. The predicted molar refractivity (Wildman–Crippen MR) is 89.8 cm³/mol. The van der Waals surface area contributed by atoms with Crippen LogP contribution in [0.4, 0.5) is 5.82 Å². The largest absolute Gasteiger partial charge is 0.367 e. The second-order valence-corrected chi connectivity index (χ2v) is 6.34. The van der Waals surface area contributed by atoms with Gasteiger partial charge in [0.25, 0.3) is 5.78 Å². The maximum absolute atomic E-state index is 4.51. The zero-order valence-electron chi connectivity index (χ0n) is 12.0. The standard InChI is InChI=1S/C16H16BrN5/c17-14-13(11-6-2-1-3-7-11)15(20-12-8-4-5-9-12)22-16(21-14)18-10-19-22/h1-3,6-7,10,12,20H,4-5,8-9H2. The molecule has 0 amide bonds. The Morgan fingerprint density at radius 3 is 2.68 bits per heavy atom. The fraction of sp³-hybridized carbons (Fsp3) is 0.312. The van der Waals surface area contributed by atoms with Crippen molar-refractivity contribution in [2.75, 3.05) is 5.32 Å². The first-order valence-corrected chi connectivity index (χ1v) is 8.33. The van der Waals surface area contributed by atoms with E-state index in [-0.39, 0.29) is 0 Å². The highest BCUT2D eigenvalue weighted by Crippen LogP contribution is 2.35. The topological polar surface area (TPSA) is 55.1 Å². The van der Waals surface area contributed by atoms with Crippen LogP contribution in [-0.4, -0.2) is 25.6 Å². The Bertz CT molecular complexity index is 793. The molecule has 2 aromatic heterocycles. The number of nitrogens with zero attached hydrogens (tertiary/aromatic N) is 4. The Hall–Kier alpha value is -1.95. The second-order valence-electron chi connectivity index (χ2n) is 5.59. The van der Waals surface area contributed by atoms with Gasteiger partial charge in [-0.3, -0.25) is 0 Å². The summed E-state index contributed by atoms with van der Waals surface area (Å²) >= 11 is 3.61. The molecule has 112 valence electrons. The van der Waals surface area contributed by atoms with E-state index in [1.54, 1.807) is 10.8 Å². The number of anilines is 1. The van der Waals surface area contributed by atoms with Gasteiger partial charge in [0.2, 0.25) is 0 Å². The lowest BCUT2D eigenvalue weighted by atomic mass is 10.1. The molecule has 2 heterocycles. The van der Waals surface area contributed by atoms with E-state index >= 15 is 0 Å². The molecule has 0 saturated heterocycles. The van der Waals surface area contributed by atoms with Crippen molar-refractivity contribution in [2.24, 2.45) is 0 Å². The molecule has 0 bridgehead atoms. The van der Waals surface area contributed by atoms with Gasteiger partial charge in [-0.15, -0.1) is 0 Å². The molecule has 1 N–H and O–H groups in total. The number of rotatable bonds is 3. The Kier molecular flexibility index (Phi) is 3.54. The monoisotopic (exact) mass is 357 g/mol. The van der Waals surface area contributed by atoms with Gasteiger partial charge in [-0.1, -0.05) is 43.2 Å². The fourth-order valence-electron chi connectivity index (χ4n) is 3.07. The van der Waals surface area contributed by atoms with Crippen molar-refractivity contribution in [3.8, 4) is 11.1 Å². The molecule has 1 aliphatic rings. The Labute approximate surface area is 136 Å². The summed E-state index contributed by atoms with van der Waals surface area (Å²) < 4.78 is 2.59. The van der Waals surface area contributed by atoms with Crippen LogP contribution in [0.2, 0.25) is 0 Å². The first-order chi connectivity index (χ1) is 10.8. The Morgan fingerprint density at radius 2 is 1.91 bits per heavy atom. The van der Waals surface area contributed by atoms with Gasteiger partial charge < -0.3 is 5.32 Å². The lowest BCUT2D eigenvalue weighted by Crippen LogP contribution is -2.18. The van der Waals surface area contributed by atoms with Crippen LogP contribution in [-0.2, 0) is 0 Å². The third kappa shape index (κ3) is 2.37. The van der Waals surface area contributed by atoms with Crippen molar-refractivity contribution >= 4 is 27.5 Å². The molecule has 0 atom stereocenters. The van der Waals surface area contributed by atoms with Crippen molar-refractivity contribution in [1.82, 2.24) is 19.6 Å². The summed E-state index contributed by atoms with van der Waals surface area (Å²) in [6.07, 6.45) is 6.51. The maximum atomic E-state index is 4.51. The smallest absolute Gasteiger partial charge is 0.255 e. The number of hydrogen-bond donors (Lipinski definition) is 1. The third-order valence-corrected chi connectivity index (χ3v) is 4.72. The zero-order chi connectivity index (χ0) is 14.9.